The van der Waals surface area contributed by atoms with Crippen molar-refractivity contribution in [1.29, 1.82) is 0 Å². The predicted molar refractivity (Wildman–Crippen MR) is 118 cm³/mol. The van der Waals surface area contributed by atoms with E-state index in [1.54, 1.807) is 6.08 Å². The van der Waals surface area contributed by atoms with E-state index in [1.165, 1.54) is 22.7 Å². The van der Waals surface area contributed by atoms with Gasteiger partial charge in [-0.05, 0) is 36.2 Å². The zero-order valence-corrected chi connectivity index (χ0v) is 17.7. The summed E-state index contributed by atoms with van der Waals surface area (Å²) in [6.45, 7) is 1.67. The minimum atomic E-state index is -0.463. The van der Waals surface area contributed by atoms with Crippen LogP contribution >= 0.6 is 34.4 Å². The van der Waals surface area contributed by atoms with E-state index in [4.69, 9.17) is 0 Å². The first-order chi connectivity index (χ1) is 14.0. The second kappa shape index (κ2) is 8.32. The third-order valence-corrected chi connectivity index (χ3v) is 6.57. The number of aryl methyl sites for hydroxylation is 1. The topological polar surface area (TPSA) is 79.4 Å². The molecule has 146 valence electrons. The maximum Gasteiger partial charge on any atom is 0.294 e. The predicted octanol–water partition coefficient (Wildman–Crippen LogP) is 4.86. The van der Waals surface area contributed by atoms with Crippen molar-refractivity contribution in [1.82, 2.24) is 9.88 Å². The van der Waals surface area contributed by atoms with E-state index in [0.717, 1.165) is 38.4 Å². The second-order valence-corrected chi connectivity index (χ2v) is 9.07. The van der Waals surface area contributed by atoms with Gasteiger partial charge >= 0.3 is 0 Å². The van der Waals surface area contributed by atoms with Crippen LogP contribution in [-0.4, -0.2) is 33.5 Å². The fourth-order valence-corrected chi connectivity index (χ4v) is 4.93. The van der Waals surface area contributed by atoms with Crippen LogP contribution < -0.4 is 5.32 Å². The van der Waals surface area contributed by atoms with E-state index in [9.17, 15) is 14.4 Å². The Bertz CT molecular complexity index is 1100. The molecule has 4 rings (SSSR count). The number of imide groups is 1. The number of benzene rings is 1. The number of thiophene rings is 1. The summed E-state index contributed by atoms with van der Waals surface area (Å²) in [6, 6.07) is 11.7. The largest absolute Gasteiger partial charge is 0.300 e. The minimum Gasteiger partial charge on any atom is -0.300 e. The molecule has 3 aromatic rings. The van der Waals surface area contributed by atoms with Crippen molar-refractivity contribution in [2.24, 2.45) is 0 Å². The Kier molecular flexibility index (Phi) is 5.61. The molecule has 1 aromatic carbocycles. The smallest absolute Gasteiger partial charge is 0.294 e. The molecule has 1 saturated heterocycles. The number of hydrogen-bond acceptors (Lipinski definition) is 7. The summed E-state index contributed by atoms with van der Waals surface area (Å²) < 4.78 is 0. The quantitative estimate of drug-likeness (QED) is 0.572. The van der Waals surface area contributed by atoms with Crippen molar-refractivity contribution in [2.45, 2.75) is 6.92 Å². The van der Waals surface area contributed by atoms with Gasteiger partial charge in [-0.15, -0.1) is 22.7 Å². The Morgan fingerprint density at radius 1 is 1.17 bits per heavy atom. The van der Waals surface area contributed by atoms with E-state index in [-0.39, 0.29) is 6.54 Å². The van der Waals surface area contributed by atoms with Gasteiger partial charge in [-0.25, -0.2) is 4.98 Å². The number of carbonyl (C=O) groups excluding carboxylic acids is 3. The molecule has 0 aliphatic carbocycles. The van der Waals surface area contributed by atoms with Crippen LogP contribution in [0, 0.1) is 6.92 Å². The normalized spacial score (nSPS) is 15.3. The molecular formula is C20H15N3O3S3. The molecule has 2 aromatic heterocycles. The number of nitrogens with zero attached hydrogens (tertiary/aromatic N) is 2. The molecule has 0 unspecified atom stereocenters. The summed E-state index contributed by atoms with van der Waals surface area (Å²) in [5, 5.41) is 6.38. The third-order valence-electron chi connectivity index (χ3n) is 4.09. The fraction of sp³-hybridized carbons (Fsp3) is 0.100. The molecule has 1 N–H and O–H groups in total. The molecule has 6 nitrogen and oxygen atoms in total. The zero-order valence-electron chi connectivity index (χ0n) is 15.2. The molecule has 0 atom stereocenters. The van der Waals surface area contributed by atoms with Crippen molar-refractivity contribution in [3.63, 3.8) is 0 Å². The number of nitrogens with one attached hydrogen (secondary N) is 1. The van der Waals surface area contributed by atoms with Gasteiger partial charge in [-0.1, -0.05) is 35.9 Å². The Balaban J connectivity index is 1.40. The zero-order chi connectivity index (χ0) is 20.4. The third kappa shape index (κ3) is 4.47. The number of carbonyl (C=O) groups is 3. The Labute approximate surface area is 179 Å². The van der Waals surface area contributed by atoms with Crippen LogP contribution in [0.25, 0.3) is 17.3 Å². The molecule has 1 aliphatic heterocycles. The second-order valence-electron chi connectivity index (χ2n) is 6.24. The number of amides is 3. The van der Waals surface area contributed by atoms with Gasteiger partial charge in [0.05, 0.1) is 10.6 Å². The monoisotopic (exact) mass is 441 g/mol. The van der Waals surface area contributed by atoms with Crippen LogP contribution in [0.3, 0.4) is 0 Å². The summed E-state index contributed by atoms with van der Waals surface area (Å²) in [7, 11) is 0. The Morgan fingerprint density at radius 2 is 1.97 bits per heavy atom. The van der Waals surface area contributed by atoms with Gasteiger partial charge < -0.3 is 5.32 Å². The van der Waals surface area contributed by atoms with Crippen LogP contribution in [0.4, 0.5) is 9.93 Å². The van der Waals surface area contributed by atoms with Gasteiger partial charge in [0.25, 0.3) is 11.1 Å². The van der Waals surface area contributed by atoms with E-state index >= 15 is 0 Å². The highest BCUT2D eigenvalue weighted by Gasteiger charge is 2.36. The lowest BCUT2D eigenvalue weighted by molar-refractivity contribution is -0.127. The van der Waals surface area contributed by atoms with Crippen molar-refractivity contribution >= 4 is 62.7 Å². The minimum absolute atomic E-state index is 0.321. The van der Waals surface area contributed by atoms with Crippen LogP contribution in [0.2, 0.25) is 0 Å². The first kappa shape index (κ1) is 19.6. The molecular weight excluding hydrogens is 426 g/mol. The fourth-order valence-electron chi connectivity index (χ4n) is 2.63. The summed E-state index contributed by atoms with van der Waals surface area (Å²) in [4.78, 5) is 43.6. The molecule has 1 fully saturated rings. The summed E-state index contributed by atoms with van der Waals surface area (Å²) in [6.07, 6.45) is 1.67. The molecule has 0 bridgehead atoms. The van der Waals surface area contributed by atoms with Gasteiger partial charge in [-0.3, -0.25) is 19.3 Å². The van der Waals surface area contributed by atoms with Gasteiger partial charge in [0.15, 0.2) is 5.13 Å². The van der Waals surface area contributed by atoms with E-state index < -0.39 is 17.1 Å². The molecule has 0 radical (unpaired) electrons. The van der Waals surface area contributed by atoms with Gasteiger partial charge in [0.2, 0.25) is 5.91 Å². The SMILES string of the molecule is Cc1ccc(-c2csc(NC(=O)CN3C(=O)SC(=Cc4cccs4)C3=O)n2)cc1. The summed E-state index contributed by atoms with van der Waals surface area (Å²) in [5.41, 5.74) is 2.87. The van der Waals surface area contributed by atoms with E-state index in [2.05, 4.69) is 10.3 Å². The Hall–Kier alpha value is -2.75. The maximum atomic E-state index is 12.5. The van der Waals surface area contributed by atoms with Crippen molar-refractivity contribution in [3.05, 3.63) is 62.5 Å². The molecule has 3 amide bonds. The van der Waals surface area contributed by atoms with Crippen molar-refractivity contribution < 1.29 is 14.4 Å². The number of thioether (sulfide) groups is 1. The Morgan fingerprint density at radius 3 is 2.69 bits per heavy atom. The highest BCUT2D eigenvalue weighted by atomic mass is 32.2. The number of hydrogen-bond donors (Lipinski definition) is 1. The van der Waals surface area contributed by atoms with Gasteiger partial charge in [0, 0.05) is 15.8 Å². The average molecular weight is 442 g/mol. The molecule has 3 heterocycles. The maximum absolute atomic E-state index is 12.5. The summed E-state index contributed by atoms with van der Waals surface area (Å²) >= 11 is 3.61. The molecule has 0 saturated carbocycles. The highest BCUT2D eigenvalue weighted by molar-refractivity contribution is 8.18. The first-order valence-corrected chi connectivity index (χ1v) is 11.2. The van der Waals surface area contributed by atoms with Gasteiger partial charge in [-0.2, -0.15) is 0 Å². The first-order valence-electron chi connectivity index (χ1n) is 8.61. The van der Waals surface area contributed by atoms with E-state index in [0.29, 0.717) is 10.0 Å². The number of thiazole rings is 1. The number of anilines is 1. The van der Waals surface area contributed by atoms with Crippen LogP contribution in [-0.2, 0) is 9.59 Å². The standard InChI is InChI=1S/C20H15N3O3S3/c1-12-4-6-13(7-5-12)15-11-28-19(21-15)22-17(24)10-23-18(25)16(29-20(23)26)9-14-3-2-8-27-14/h2-9,11H,10H2,1H3,(H,21,22,24). The molecule has 9 heteroatoms. The molecule has 1 aliphatic rings. The van der Waals surface area contributed by atoms with Crippen LogP contribution in [0.5, 0.6) is 0 Å². The van der Waals surface area contributed by atoms with Gasteiger partial charge in [0.1, 0.15) is 6.54 Å². The molecule has 0 spiro atoms. The lowest BCUT2D eigenvalue weighted by Gasteiger charge is -2.11. The lowest BCUT2D eigenvalue weighted by Crippen LogP contribution is -2.36. The average Bonchev–Trinajstić information content (AvgIpc) is 3.42. The van der Waals surface area contributed by atoms with Crippen molar-refractivity contribution in [3.8, 4) is 11.3 Å². The van der Waals surface area contributed by atoms with Crippen LogP contribution in [0.15, 0.2) is 52.1 Å². The summed E-state index contributed by atoms with van der Waals surface area (Å²) in [5.74, 6) is -0.919. The molecule has 29 heavy (non-hydrogen) atoms. The van der Waals surface area contributed by atoms with Crippen molar-refractivity contribution in [2.75, 3.05) is 11.9 Å². The van der Waals surface area contributed by atoms with E-state index in [1.807, 2.05) is 54.1 Å². The number of aromatic nitrogens is 1. The number of rotatable bonds is 5. The van der Waals surface area contributed by atoms with Crippen LogP contribution in [0.1, 0.15) is 10.4 Å². The highest BCUT2D eigenvalue weighted by Crippen LogP contribution is 2.33. The lowest BCUT2D eigenvalue weighted by atomic mass is 10.1.